The molecule has 68 valence electrons. The number of halogens is 2. The smallest absolute Gasteiger partial charge is 0.155 e. The summed E-state index contributed by atoms with van der Waals surface area (Å²) in [5.41, 5.74) is 1.10. The van der Waals surface area contributed by atoms with Crippen molar-refractivity contribution in [3.8, 4) is 6.07 Å². The van der Waals surface area contributed by atoms with E-state index < -0.39 is 5.82 Å². The zero-order valence-corrected chi connectivity index (χ0v) is 8.86. The van der Waals surface area contributed by atoms with Crippen LogP contribution < -0.4 is 0 Å². The molecule has 3 heteroatoms. The third-order valence-electron chi connectivity index (χ3n) is 1.75. The zero-order chi connectivity index (χ0) is 9.84. The molecule has 1 rings (SSSR count). The molecule has 0 radical (unpaired) electrons. The van der Waals surface area contributed by atoms with E-state index in [1.165, 1.54) is 0 Å². The second-order valence-electron chi connectivity index (χ2n) is 2.80. The summed E-state index contributed by atoms with van der Waals surface area (Å²) >= 11 is 3.08. The lowest BCUT2D eigenvalue weighted by Crippen LogP contribution is -1.91. The van der Waals surface area contributed by atoms with Gasteiger partial charge in [-0.1, -0.05) is 13.3 Å². The average molecular weight is 242 g/mol. The number of rotatable bonds is 2. The minimum absolute atomic E-state index is 0.109. The number of hydrogen-bond acceptors (Lipinski definition) is 1. The molecule has 0 saturated heterocycles. The van der Waals surface area contributed by atoms with Crippen molar-refractivity contribution in [1.29, 1.82) is 5.26 Å². The predicted molar refractivity (Wildman–Crippen MR) is 52.8 cm³/mol. The molecule has 0 aromatic heterocycles. The molecule has 0 spiro atoms. The molecule has 0 atom stereocenters. The van der Waals surface area contributed by atoms with E-state index in [2.05, 4.69) is 15.9 Å². The van der Waals surface area contributed by atoms with E-state index in [4.69, 9.17) is 5.26 Å². The SMILES string of the molecule is CCCc1cc(Br)c(F)c(C#N)c1. The van der Waals surface area contributed by atoms with Gasteiger partial charge in [0.1, 0.15) is 6.07 Å². The Kier molecular flexibility index (Phi) is 3.44. The molecule has 0 aliphatic heterocycles. The Balaban J connectivity index is 3.16. The largest absolute Gasteiger partial charge is 0.204 e. The van der Waals surface area contributed by atoms with Crippen LogP contribution in [0.4, 0.5) is 4.39 Å². The minimum Gasteiger partial charge on any atom is -0.204 e. The monoisotopic (exact) mass is 241 g/mol. The molecular formula is C10H9BrFN. The summed E-state index contributed by atoms with van der Waals surface area (Å²) in [4.78, 5) is 0. The quantitative estimate of drug-likeness (QED) is 0.779. The molecule has 1 aromatic rings. The summed E-state index contributed by atoms with van der Waals surface area (Å²) in [6.07, 6.45) is 1.86. The van der Waals surface area contributed by atoms with Gasteiger partial charge in [0.25, 0.3) is 0 Å². The van der Waals surface area contributed by atoms with E-state index in [1.54, 1.807) is 12.1 Å². The van der Waals surface area contributed by atoms with Gasteiger partial charge < -0.3 is 0 Å². The zero-order valence-electron chi connectivity index (χ0n) is 7.27. The van der Waals surface area contributed by atoms with E-state index in [0.29, 0.717) is 4.47 Å². The van der Waals surface area contributed by atoms with E-state index >= 15 is 0 Å². The van der Waals surface area contributed by atoms with Crippen LogP contribution in [0.3, 0.4) is 0 Å². The highest BCUT2D eigenvalue weighted by molar-refractivity contribution is 9.10. The third kappa shape index (κ3) is 2.28. The minimum atomic E-state index is -0.470. The van der Waals surface area contributed by atoms with Gasteiger partial charge in [0.15, 0.2) is 5.82 Å². The standard InChI is InChI=1S/C10H9BrFN/c1-2-3-7-4-8(6-13)10(12)9(11)5-7/h4-5H,2-3H2,1H3. The lowest BCUT2D eigenvalue weighted by Gasteiger charge is -2.02. The van der Waals surface area contributed by atoms with Crippen LogP contribution in [0.1, 0.15) is 24.5 Å². The molecule has 13 heavy (non-hydrogen) atoms. The molecule has 0 aliphatic rings. The van der Waals surface area contributed by atoms with Gasteiger partial charge in [-0.15, -0.1) is 0 Å². The van der Waals surface area contributed by atoms with Gasteiger partial charge in [-0.3, -0.25) is 0 Å². The molecule has 0 aliphatic carbocycles. The number of nitriles is 1. The van der Waals surface area contributed by atoms with Crippen molar-refractivity contribution in [2.45, 2.75) is 19.8 Å². The molecule has 0 bridgehead atoms. The van der Waals surface area contributed by atoms with Gasteiger partial charge in [0.2, 0.25) is 0 Å². The van der Waals surface area contributed by atoms with Crippen LogP contribution in [0.15, 0.2) is 16.6 Å². The number of hydrogen-bond donors (Lipinski definition) is 0. The maximum absolute atomic E-state index is 13.2. The van der Waals surface area contributed by atoms with Crippen molar-refractivity contribution in [2.75, 3.05) is 0 Å². The second kappa shape index (κ2) is 4.38. The number of benzene rings is 1. The van der Waals surface area contributed by atoms with E-state index in [1.807, 2.05) is 13.0 Å². The van der Waals surface area contributed by atoms with Crippen LogP contribution in [0, 0.1) is 17.1 Å². The van der Waals surface area contributed by atoms with Gasteiger partial charge in [-0.05, 0) is 40.0 Å². The molecule has 0 fully saturated rings. The van der Waals surface area contributed by atoms with E-state index in [9.17, 15) is 4.39 Å². The molecule has 0 N–H and O–H groups in total. The summed E-state index contributed by atoms with van der Waals surface area (Å²) in [7, 11) is 0. The van der Waals surface area contributed by atoms with Crippen LogP contribution in [0.5, 0.6) is 0 Å². The second-order valence-corrected chi connectivity index (χ2v) is 3.66. The molecule has 1 aromatic carbocycles. The normalized spacial score (nSPS) is 9.69. The highest BCUT2D eigenvalue weighted by Gasteiger charge is 2.07. The van der Waals surface area contributed by atoms with Gasteiger partial charge in [-0.2, -0.15) is 5.26 Å². The lowest BCUT2D eigenvalue weighted by molar-refractivity contribution is 0.616. The maximum atomic E-state index is 13.2. The average Bonchev–Trinajstić information content (AvgIpc) is 2.11. The lowest BCUT2D eigenvalue weighted by atomic mass is 10.1. The first-order chi connectivity index (χ1) is 6.19. The van der Waals surface area contributed by atoms with Crippen molar-refractivity contribution < 1.29 is 4.39 Å². The molecule has 0 unspecified atom stereocenters. The number of aryl methyl sites for hydroxylation is 1. The van der Waals surface area contributed by atoms with Crippen LogP contribution in [0.2, 0.25) is 0 Å². The van der Waals surface area contributed by atoms with Crippen molar-refractivity contribution in [1.82, 2.24) is 0 Å². The van der Waals surface area contributed by atoms with E-state index in [-0.39, 0.29) is 5.56 Å². The topological polar surface area (TPSA) is 23.8 Å². The van der Waals surface area contributed by atoms with Crippen LogP contribution >= 0.6 is 15.9 Å². The summed E-state index contributed by atoms with van der Waals surface area (Å²) in [6.45, 7) is 2.04. The fraction of sp³-hybridized carbons (Fsp3) is 0.300. The number of nitrogens with zero attached hydrogens (tertiary/aromatic N) is 1. The fourth-order valence-corrected chi connectivity index (χ4v) is 1.67. The third-order valence-corrected chi connectivity index (χ3v) is 2.32. The Bertz CT molecular complexity index is 355. The van der Waals surface area contributed by atoms with Gasteiger partial charge in [0, 0.05) is 0 Å². The van der Waals surface area contributed by atoms with Crippen LogP contribution in [-0.4, -0.2) is 0 Å². The van der Waals surface area contributed by atoms with Crippen molar-refractivity contribution in [3.63, 3.8) is 0 Å². The van der Waals surface area contributed by atoms with Crippen molar-refractivity contribution in [2.24, 2.45) is 0 Å². The first kappa shape index (κ1) is 10.2. The predicted octanol–water partition coefficient (Wildman–Crippen LogP) is 3.41. The molecule has 0 amide bonds. The first-order valence-corrected chi connectivity index (χ1v) is 4.86. The summed E-state index contributed by atoms with van der Waals surface area (Å²) in [5.74, 6) is -0.470. The highest BCUT2D eigenvalue weighted by atomic mass is 79.9. The molecule has 0 heterocycles. The van der Waals surface area contributed by atoms with Crippen molar-refractivity contribution >= 4 is 15.9 Å². The van der Waals surface area contributed by atoms with Gasteiger partial charge in [0.05, 0.1) is 10.0 Å². The Morgan fingerprint density at radius 1 is 1.54 bits per heavy atom. The molecule has 1 nitrogen and oxygen atoms in total. The van der Waals surface area contributed by atoms with Gasteiger partial charge >= 0.3 is 0 Å². The summed E-state index contributed by atoms with van der Waals surface area (Å²) < 4.78 is 13.5. The van der Waals surface area contributed by atoms with Gasteiger partial charge in [-0.25, -0.2) is 4.39 Å². The fourth-order valence-electron chi connectivity index (χ4n) is 1.16. The summed E-state index contributed by atoms with van der Waals surface area (Å²) in [6, 6.07) is 5.15. The maximum Gasteiger partial charge on any atom is 0.155 e. The Hall–Kier alpha value is -0.880. The molecular weight excluding hydrogens is 233 g/mol. The highest BCUT2D eigenvalue weighted by Crippen LogP contribution is 2.21. The van der Waals surface area contributed by atoms with Crippen molar-refractivity contribution in [3.05, 3.63) is 33.5 Å². The summed E-state index contributed by atoms with van der Waals surface area (Å²) in [5, 5.41) is 8.62. The van der Waals surface area contributed by atoms with Crippen LogP contribution in [0.25, 0.3) is 0 Å². The van der Waals surface area contributed by atoms with E-state index in [0.717, 1.165) is 18.4 Å². The van der Waals surface area contributed by atoms with Crippen LogP contribution in [-0.2, 0) is 6.42 Å². The Labute approximate surface area is 85.3 Å². The Morgan fingerprint density at radius 2 is 2.23 bits per heavy atom. The molecule has 0 saturated carbocycles. The Morgan fingerprint density at radius 3 is 2.77 bits per heavy atom. The first-order valence-electron chi connectivity index (χ1n) is 4.07.